The van der Waals surface area contributed by atoms with E-state index in [1.54, 1.807) is 0 Å². The van der Waals surface area contributed by atoms with Crippen molar-refractivity contribution >= 4 is 23.4 Å². The predicted molar refractivity (Wildman–Crippen MR) is 121 cm³/mol. The number of hydrogen-bond acceptors (Lipinski definition) is 4. The molecule has 0 bridgehead atoms. The third-order valence-electron chi connectivity index (χ3n) is 6.41. The number of halogens is 1. The fourth-order valence-electron chi connectivity index (χ4n) is 4.73. The first kappa shape index (κ1) is 23.0. The summed E-state index contributed by atoms with van der Waals surface area (Å²) in [4.78, 5) is 31.9. The maximum absolute atomic E-state index is 12.8. The van der Waals surface area contributed by atoms with Gasteiger partial charge in [0.2, 0.25) is 11.8 Å². The Morgan fingerprint density at radius 1 is 1.13 bits per heavy atom. The molecule has 166 valence electrons. The highest BCUT2D eigenvalue weighted by molar-refractivity contribution is 6.31. The van der Waals surface area contributed by atoms with Crippen LogP contribution in [0.5, 0.6) is 0 Å². The molecular formula is C23H35ClN4O2. The molecule has 2 aliphatic heterocycles. The first-order valence-corrected chi connectivity index (χ1v) is 11.7. The third kappa shape index (κ3) is 5.54. The molecule has 0 aliphatic carbocycles. The molecule has 7 heteroatoms. The van der Waals surface area contributed by atoms with Gasteiger partial charge in [0.05, 0.1) is 18.6 Å². The summed E-state index contributed by atoms with van der Waals surface area (Å²) in [7, 11) is 0. The van der Waals surface area contributed by atoms with E-state index in [2.05, 4.69) is 16.3 Å². The molecule has 3 rings (SSSR count). The zero-order valence-electron chi connectivity index (χ0n) is 18.3. The number of amides is 2. The van der Waals surface area contributed by atoms with E-state index in [-0.39, 0.29) is 30.4 Å². The van der Waals surface area contributed by atoms with Crippen molar-refractivity contribution < 1.29 is 9.59 Å². The van der Waals surface area contributed by atoms with Gasteiger partial charge in [0.1, 0.15) is 0 Å². The van der Waals surface area contributed by atoms with Gasteiger partial charge in [0, 0.05) is 24.7 Å². The van der Waals surface area contributed by atoms with Crippen LogP contribution in [0.25, 0.3) is 0 Å². The van der Waals surface area contributed by atoms with E-state index >= 15 is 0 Å². The van der Waals surface area contributed by atoms with Crippen molar-refractivity contribution in [3.63, 3.8) is 0 Å². The number of hydrogen-bond donors (Lipinski definition) is 1. The Balaban J connectivity index is 1.60. The van der Waals surface area contributed by atoms with E-state index in [4.69, 9.17) is 11.6 Å². The van der Waals surface area contributed by atoms with Gasteiger partial charge in [-0.05, 0) is 70.8 Å². The summed E-state index contributed by atoms with van der Waals surface area (Å²) in [6.45, 7) is 9.07. The molecule has 0 saturated carbocycles. The van der Waals surface area contributed by atoms with Gasteiger partial charge in [-0.3, -0.25) is 19.4 Å². The predicted octanol–water partition coefficient (Wildman–Crippen LogP) is 2.93. The lowest BCUT2D eigenvalue weighted by atomic mass is 10.1. The zero-order chi connectivity index (χ0) is 21.5. The molecule has 30 heavy (non-hydrogen) atoms. The van der Waals surface area contributed by atoms with E-state index in [1.165, 1.54) is 12.8 Å². The minimum absolute atomic E-state index is 0.0227. The Morgan fingerprint density at radius 3 is 2.50 bits per heavy atom. The monoisotopic (exact) mass is 434 g/mol. The highest BCUT2D eigenvalue weighted by atomic mass is 35.5. The van der Waals surface area contributed by atoms with Crippen LogP contribution < -0.4 is 5.32 Å². The first-order chi connectivity index (χ1) is 14.5. The van der Waals surface area contributed by atoms with E-state index in [9.17, 15) is 9.59 Å². The number of likely N-dealkylation sites (N-methyl/N-ethyl adjacent to an activating group) is 1. The van der Waals surface area contributed by atoms with Crippen LogP contribution in [0.3, 0.4) is 0 Å². The van der Waals surface area contributed by atoms with Crippen molar-refractivity contribution in [2.24, 2.45) is 0 Å². The molecule has 2 saturated heterocycles. The molecule has 1 N–H and O–H groups in total. The molecule has 2 unspecified atom stereocenters. The average molecular weight is 435 g/mol. The maximum Gasteiger partial charge on any atom is 0.239 e. The van der Waals surface area contributed by atoms with Crippen molar-refractivity contribution in [3.05, 3.63) is 34.9 Å². The van der Waals surface area contributed by atoms with Crippen molar-refractivity contribution in [3.8, 4) is 0 Å². The second-order valence-corrected chi connectivity index (χ2v) is 8.63. The van der Waals surface area contributed by atoms with Crippen LogP contribution in [0.1, 0.15) is 51.1 Å². The lowest BCUT2D eigenvalue weighted by Crippen LogP contribution is -2.49. The first-order valence-electron chi connectivity index (χ1n) is 11.3. The molecular weight excluding hydrogens is 400 g/mol. The quantitative estimate of drug-likeness (QED) is 0.649. The maximum atomic E-state index is 12.8. The van der Waals surface area contributed by atoms with Crippen LogP contribution in [-0.4, -0.2) is 78.4 Å². The summed E-state index contributed by atoms with van der Waals surface area (Å²) in [6.07, 6.45) is 4.15. The minimum atomic E-state index is -0.173. The van der Waals surface area contributed by atoms with E-state index in [1.807, 2.05) is 41.8 Å². The van der Waals surface area contributed by atoms with Crippen molar-refractivity contribution in [2.45, 2.75) is 51.6 Å². The molecule has 2 amide bonds. The van der Waals surface area contributed by atoms with Gasteiger partial charge in [-0.25, -0.2) is 0 Å². The molecule has 0 aromatic heterocycles. The Labute approximate surface area is 185 Å². The number of rotatable bonds is 9. The highest BCUT2D eigenvalue weighted by Crippen LogP contribution is 2.29. The van der Waals surface area contributed by atoms with Crippen LogP contribution >= 0.6 is 11.6 Å². The van der Waals surface area contributed by atoms with Crippen LogP contribution in [0.2, 0.25) is 5.02 Å². The van der Waals surface area contributed by atoms with Crippen LogP contribution in [0, 0.1) is 0 Å². The Morgan fingerprint density at radius 2 is 1.83 bits per heavy atom. The van der Waals surface area contributed by atoms with Gasteiger partial charge in [0.25, 0.3) is 0 Å². The second kappa shape index (κ2) is 11.1. The van der Waals surface area contributed by atoms with Gasteiger partial charge in [-0.2, -0.15) is 0 Å². The summed E-state index contributed by atoms with van der Waals surface area (Å²) in [5.74, 6) is 0.127. The number of nitrogens with one attached hydrogen (secondary N) is 1. The molecule has 2 fully saturated rings. The van der Waals surface area contributed by atoms with Gasteiger partial charge in [-0.1, -0.05) is 29.8 Å². The smallest absolute Gasteiger partial charge is 0.239 e. The summed E-state index contributed by atoms with van der Waals surface area (Å²) >= 11 is 6.47. The molecule has 1 aromatic rings. The lowest BCUT2D eigenvalue weighted by Gasteiger charge is -2.30. The largest absolute Gasteiger partial charge is 0.353 e. The van der Waals surface area contributed by atoms with E-state index < -0.39 is 0 Å². The van der Waals surface area contributed by atoms with Crippen molar-refractivity contribution in [1.82, 2.24) is 20.0 Å². The summed E-state index contributed by atoms with van der Waals surface area (Å²) in [5, 5.41) is 3.87. The number of carbonyl (C=O) groups excluding carboxylic acids is 2. The second-order valence-electron chi connectivity index (χ2n) is 8.22. The molecule has 2 aliphatic rings. The molecule has 2 atom stereocenters. The normalized spacial score (nSPS) is 21.0. The molecule has 1 aromatic carbocycles. The van der Waals surface area contributed by atoms with Crippen molar-refractivity contribution in [1.29, 1.82) is 0 Å². The van der Waals surface area contributed by atoms with E-state index in [0.717, 1.165) is 43.1 Å². The molecule has 0 spiro atoms. The van der Waals surface area contributed by atoms with Gasteiger partial charge >= 0.3 is 0 Å². The van der Waals surface area contributed by atoms with Crippen molar-refractivity contribution in [2.75, 3.05) is 45.8 Å². The Kier molecular flexibility index (Phi) is 8.54. The standard InChI is InChI=1S/C23H35ClN4O2/c1-3-26(4-2)23(30)20-12-9-15-28(20)17-22(29)25-16-21(27-13-7-8-14-27)18-10-5-6-11-19(18)24/h5-6,10-11,20-21H,3-4,7-9,12-17H2,1-2H3,(H,25,29). The number of benzene rings is 1. The highest BCUT2D eigenvalue weighted by Gasteiger charge is 2.34. The fraction of sp³-hybridized carbons (Fsp3) is 0.652. The fourth-order valence-corrected chi connectivity index (χ4v) is 4.99. The lowest BCUT2D eigenvalue weighted by molar-refractivity contribution is -0.136. The SMILES string of the molecule is CCN(CC)C(=O)C1CCCN1CC(=O)NCC(c1ccccc1Cl)N1CCCC1. The number of carbonyl (C=O) groups is 2. The summed E-state index contributed by atoms with van der Waals surface area (Å²) in [5.41, 5.74) is 1.07. The van der Waals surface area contributed by atoms with Gasteiger partial charge in [0.15, 0.2) is 0 Å². The van der Waals surface area contributed by atoms with E-state index in [0.29, 0.717) is 19.6 Å². The Bertz CT molecular complexity index is 719. The van der Waals surface area contributed by atoms with Crippen LogP contribution in [-0.2, 0) is 9.59 Å². The van der Waals surface area contributed by atoms with Crippen LogP contribution in [0.15, 0.2) is 24.3 Å². The Hall–Kier alpha value is -1.63. The van der Waals surface area contributed by atoms with Gasteiger partial charge in [-0.15, -0.1) is 0 Å². The number of likely N-dealkylation sites (tertiary alicyclic amines) is 2. The average Bonchev–Trinajstić information content (AvgIpc) is 3.42. The summed E-state index contributed by atoms with van der Waals surface area (Å²) in [6, 6.07) is 7.81. The van der Waals surface area contributed by atoms with Crippen LogP contribution in [0.4, 0.5) is 0 Å². The number of nitrogens with zero attached hydrogens (tertiary/aromatic N) is 3. The zero-order valence-corrected chi connectivity index (χ0v) is 19.0. The molecule has 6 nitrogen and oxygen atoms in total. The molecule has 0 radical (unpaired) electrons. The third-order valence-corrected chi connectivity index (χ3v) is 6.75. The molecule has 2 heterocycles. The van der Waals surface area contributed by atoms with Gasteiger partial charge < -0.3 is 10.2 Å². The summed E-state index contributed by atoms with van der Waals surface area (Å²) < 4.78 is 0. The topological polar surface area (TPSA) is 55.9 Å². The minimum Gasteiger partial charge on any atom is -0.353 e.